The number of rotatable bonds is 6. The minimum absolute atomic E-state index is 0.0607. The Morgan fingerprint density at radius 1 is 1.34 bits per heavy atom. The van der Waals surface area contributed by atoms with Gasteiger partial charge in [0.2, 0.25) is 0 Å². The summed E-state index contributed by atoms with van der Waals surface area (Å²) < 4.78 is 6.46. The predicted molar refractivity (Wildman–Crippen MR) is 122 cm³/mol. The molecule has 1 fully saturated rings. The molecule has 1 aliphatic rings. The van der Waals surface area contributed by atoms with Crippen LogP contribution < -0.4 is 4.90 Å². The molecule has 0 radical (unpaired) electrons. The Kier molecular flexibility index (Phi) is 6.62. The highest BCUT2D eigenvalue weighted by atomic mass is 35.5. The quantitative estimate of drug-likeness (QED) is 0.514. The highest BCUT2D eigenvalue weighted by Crippen LogP contribution is 2.33. The fraction of sp³-hybridized carbons (Fsp3) is 0.333. The maximum absolute atomic E-state index is 13.1. The van der Waals surface area contributed by atoms with Crippen LogP contribution in [0.4, 0.5) is 5.13 Å². The molecule has 0 saturated carbocycles. The normalized spacial score (nSPS) is 15.4. The Labute approximate surface area is 183 Å². The molecule has 2 aromatic heterocycles. The van der Waals surface area contributed by atoms with Crippen molar-refractivity contribution in [2.75, 3.05) is 44.3 Å². The fourth-order valence-corrected chi connectivity index (χ4v) is 5.03. The summed E-state index contributed by atoms with van der Waals surface area (Å²) >= 11 is 9.40. The molecule has 1 amide bonds. The molecule has 29 heavy (non-hydrogen) atoms. The second-order valence-electron chi connectivity index (χ2n) is 6.81. The highest BCUT2D eigenvalue weighted by Gasteiger charge is 2.21. The lowest BCUT2D eigenvalue weighted by Gasteiger charge is -2.28. The second-order valence-corrected chi connectivity index (χ2v) is 9.20. The molecule has 0 bridgehead atoms. The van der Waals surface area contributed by atoms with Crippen molar-refractivity contribution in [3.05, 3.63) is 51.2 Å². The Morgan fingerprint density at radius 3 is 2.93 bits per heavy atom. The van der Waals surface area contributed by atoms with E-state index in [9.17, 15) is 4.79 Å². The van der Waals surface area contributed by atoms with Gasteiger partial charge in [-0.25, -0.2) is 4.98 Å². The molecule has 5 nitrogen and oxygen atoms in total. The number of anilines is 1. The fourth-order valence-electron chi connectivity index (χ4n) is 3.20. The third kappa shape index (κ3) is 4.87. The average molecular weight is 448 g/mol. The number of morpholine rings is 1. The molecule has 8 heteroatoms. The van der Waals surface area contributed by atoms with Crippen LogP contribution in [0.2, 0.25) is 5.02 Å². The van der Waals surface area contributed by atoms with Gasteiger partial charge < -0.3 is 4.74 Å². The maximum Gasteiger partial charge on any atom is 0.252 e. The van der Waals surface area contributed by atoms with Crippen molar-refractivity contribution in [1.82, 2.24) is 9.88 Å². The second kappa shape index (κ2) is 9.36. The standard InChI is InChI=1S/C21H22ClN3O2S2/c1-15-17(22)5-6-18-20(15)23-21(29-18)25(9-8-24-10-12-27-13-11-24)19(26)7-4-16-3-2-14-28-16/h2-7,14H,8-13H2,1H3/b7-4+. The topological polar surface area (TPSA) is 45.7 Å². The van der Waals surface area contributed by atoms with E-state index in [4.69, 9.17) is 21.3 Å². The van der Waals surface area contributed by atoms with Crippen molar-refractivity contribution < 1.29 is 9.53 Å². The van der Waals surface area contributed by atoms with E-state index >= 15 is 0 Å². The smallest absolute Gasteiger partial charge is 0.252 e. The number of ether oxygens (including phenoxy) is 1. The van der Waals surface area contributed by atoms with Gasteiger partial charge in [-0.05, 0) is 42.1 Å². The zero-order chi connectivity index (χ0) is 20.2. The molecule has 3 heterocycles. The van der Waals surface area contributed by atoms with Crippen LogP contribution in [0.15, 0.2) is 35.7 Å². The Morgan fingerprint density at radius 2 is 2.17 bits per heavy atom. The van der Waals surface area contributed by atoms with Crippen molar-refractivity contribution in [2.24, 2.45) is 0 Å². The number of aromatic nitrogens is 1. The van der Waals surface area contributed by atoms with Crippen LogP contribution in [0, 0.1) is 6.92 Å². The number of aryl methyl sites for hydroxylation is 1. The zero-order valence-electron chi connectivity index (χ0n) is 16.1. The zero-order valence-corrected chi connectivity index (χ0v) is 18.5. The number of nitrogens with zero attached hydrogens (tertiary/aromatic N) is 3. The van der Waals surface area contributed by atoms with Crippen molar-refractivity contribution in [1.29, 1.82) is 0 Å². The number of hydrogen-bond acceptors (Lipinski definition) is 6. The highest BCUT2D eigenvalue weighted by molar-refractivity contribution is 7.22. The minimum atomic E-state index is -0.0607. The van der Waals surface area contributed by atoms with Gasteiger partial charge in [0.05, 0.1) is 23.4 Å². The summed E-state index contributed by atoms with van der Waals surface area (Å²) in [5, 5.41) is 3.40. The van der Waals surface area contributed by atoms with Crippen molar-refractivity contribution in [3.63, 3.8) is 0 Å². The largest absolute Gasteiger partial charge is 0.379 e. The van der Waals surface area contributed by atoms with Gasteiger partial charge in [-0.1, -0.05) is 29.0 Å². The van der Waals surface area contributed by atoms with Gasteiger partial charge in [0.15, 0.2) is 5.13 Å². The predicted octanol–water partition coefficient (Wildman–Crippen LogP) is 4.70. The number of carbonyl (C=O) groups excluding carboxylic acids is 1. The Bertz CT molecular complexity index is 1010. The van der Waals surface area contributed by atoms with Crippen LogP contribution in [-0.4, -0.2) is 55.2 Å². The van der Waals surface area contributed by atoms with Crippen LogP contribution in [-0.2, 0) is 9.53 Å². The van der Waals surface area contributed by atoms with Crippen molar-refractivity contribution in [3.8, 4) is 0 Å². The lowest BCUT2D eigenvalue weighted by molar-refractivity contribution is -0.114. The molecule has 0 aliphatic carbocycles. The van der Waals surface area contributed by atoms with Gasteiger partial charge in [0, 0.05) is 42.2 Å². The minimum Gasteiger partial charge on any atom is -0.379 e. The SMILES string of the molecule is Cc1c(Cl)ccc2sc(N(CCN3CCOCC3)C(=O)/C=C/c3cccs3)nc12. The van der Waals surface area contributed by atoms with E-state index in [1.807, 2.05) is 42.6 Å². The summed E-state index contributed by atoms with van der Waals surface area (Å²) in [5.74, 6) is -0.0607. The van der Waals surface area contributed by atoms with Crippen LogP contribution in [0.25, 0.3) is 16.3 Å². The molecule has 0 atom stereocenters. The maximum atomic E-state index is 13.1. The first-order valence-corrected chi connectivity index (χ1v) is 11.6. The molecule has 152 valence electrons. The van der Waals surface area contributed by atoms with Gasteiger partial charge in [0.25, 0.3) is 5.91 Å². The first-order valence-electron chi connectivity index (χ1n) is 9.50. The molecule has 1 aliphatic heterocycles. The number of carbonyl (C=O) groups is 1. The summed E-state index contributed by atoms with van der Waals surface area (Å²) in [4.78, 5) is 23.0. The van der Waals surface area contributed by atoms with Crippen molar-refractivity contribution in [2.45, 2.75) is 6.92 Å². The van der Waals surface area contributed by atoms with Gasteiger partial charge >= 0.3 is 0 Å². The van der Waals surface area contributed by atoms with E-state index < -0.39 is 0 Å². The lowest BCUT2D eigenvalue weighted by Crippen LogP contribution is -2.42. The van der Waals surface area contributed by atoms with Crippen molar-refractivity contribution >= 4 is 61.6 Å². The van der Waals surface area contributed by atoms with E-state index in [1.54, 1.807) is 22.3 Å². The summed E-state index contributed by atoms with van der Waals surface area (Å²) in [6.45, 7) is 6.60. The Hall–Kier alpha value is -1.77. The van der Waals surface area contributed by atoms with Gasteiger partial charge in [0.1, 0.15) is 0 Å². The third-order valence-electron chi connectivity index (χ3n) is 4.91. The number of hydrogen-bond donors (Lipinski definition) is 0. The third-order valence-corrected chi connectivity index (χ3v) is 7.20. The molecule has 0 unspecified atom stereocenters. The number of halogens is 1. The lowest BCUT2D eigenvalue weighted by atomic mass is 10.2. The Balaban J connectivity index is 1.59. The van der Waals surface area contributed by atoms with Crippen LogP contribution in [0.5, 0.6) is 0 Å². The molecule has 0 spiro atoms. The van der Waals surface area contributed by atoms with Gasteiger partial charge in [-0.3, -0.25) is 14.6 Å². The van der Waals surface area contributed by atoms with Crippen LogP contribution in [0.1, 0.15) is 10.4 Å². The summed E-state index contributed by atoms with van der Waals surface area (Å²) in [6, 6.07) is 7.83. The monoisotopic (exact) mass is 447 g/mol. The molecular formula is C21H22ClN3O2S2. The number of fused-ring (bicyclic) bond motifs is 1. The number of amides is 1. The van der Waals surface area contributed by atoms with Gasteiger partial charge in [-0.15, -0.1) is 11.3 Å². The summed E-state index contributed by atoms with van der Waals surface area (Å²) in [7, 11) is 0. The molecule has 4 rings (SSSR count). The molecular weight excluding hydrogens is 426 g/mol. The first-order chi connectivity index (χ1) is 14.1. The van der Waals surface area contributed by atoms with Crippen LogP contribution >= 0.6 is 34.3 Å². The van der Waals surface area contributed by atoms with E-state index in [-0.39, 0.29) is 5.91 Å². The number of thiophene rings is 1. The number of benzene rings is 1. The number of thiazole rings is 1. The van der Waals surface area contributed by atoms with E-state index in [1.165, 1.54) is 11.3 Å². The van der Waals surface area contributed by atoms with E-state index in [0.717, 1.165) is 53.5 Å². The van der Waals surface area contributed by atoms with Gasteiger partial charge in [-0.2, -0.15) is 0 Å². The van der Waals surface area contributed by atoms with Crippen LogP contribution in [0.3, 0.4) is 0 Å². The molecule has 3 aromatic rings. The first kappa shape index (κ1) is 20.5. The average Bonchev–Trinajstić information content (AvgIpc) is 3.40. The van der Waals surface area contributed by atoms with E-state index in [2.05, 4.69) is 4.90 Å². The molecule has 0 N–H and O–H groups in total. The summed E-state index contributed by atoms with van der Waals surface area (Å²) in [5.41, 5.74) is 1.81. The summed E-state index contributed by atoms with van der Waals surface area (Å²) in [6.07, 6.45) is 3.50. The van der Waals surface area contributed by atoms with E-state index in [0.29, 0.717) is 16.7 Å². The molecule has 1 saturated heterocycles. The molecule has 1 aromatic carbocycles.